The Morgan fingerprint density at radius 3 is 1.09 bits per heavy atom. The summed E-state index contributed by atoms with van der Waals surface area (Å²) in [7, 11) is 1.28. The van der Waals surface area contributed by atoms with E-state index in [1.54, 1.807) is 6.08 Å². The molecule has 0 spiro atoms. The minimum absolute atomic E-state index is 0.00280. The maximum absolute atomic E-state index is 13.0. The summed E-state index contributed by atoms with van der Waals surface area (Å²) in [5.41, 5.74) is 0. The number of rotatable bonds is 57. The van der Waals surface area contributed by atoms with Crippen LogP contribution in [-0.2, 0) is 18.4 Å². The minimum Gasteiger partial charge on any atom is -0.756 e. The van der Waals surface area contributed by atoms with Crippen molar-refractivity contribution in [2.75, 3.05) is 40.9 Å². The van der Waals surface area contributed by atoms with E-state index < -0.39 is 20.0 Å². The third kappa shape index (κ3) is 54.8. The number of amides is 1. The SMILES string of the molecule is CCCCCCCCCCCCCCCCCCCCCCCCCC/C=C/C(O)C(COP(=O)([O-])OCC[N+](C)(C)C)NC(=O)CCCCCCCCCCCCCCCCCCCCCCC. The summed E-state index contributed by atoms with van der Waals surface area (Å²) in [4.78, 5) is 25.5. The van der Waals surface area contributed by atoms with E-state index in [1.807, 2.05) is 27.2 Å². The molecule has 0 aliphatic carbocycles. The fourth-order valence-corrected chi connectivity index (χ4v) is 10.2. The van der Waals surface area contributed by atoms with E-state index in [0.29, 0.717) is 17.4 Å². The van der Waals surface area contributed by atoms with Crippen molar-refractivity contribution >= 4 is 13.7 Å². The molecule has 2 N–H and O–H groups in total. The Hall–Kier alpha value is -0.760. The molecular formula is C60H121N2O6P. The number of phosphoric ester groups is 1. The van der Waals surface area contributed by atoms with Crippen LogP contribution in [0.4, 0.5) is 0 Å². The number of aliphatic hydroxyl groups excluding tert-OH is 1. The summed E-state index contributed by atoms with van der Waals surface area (Å²) in [6, 6.07) is -0.882. The zero-order valence-corrected chi connectivity index (χ0v) is 47.9. The van der Waals surface area contributed by atoms with Gasteiger partial charge in [0.1, 0.15) is 13.2 Å². The molecule has 0 bridgehead atoms. The molecule has 0 aromatic carbocycles. The van der Waals surface area contributed by atoms with Crippen LogP contribution < -0.4 is 10.2 Å². The van der Waals surface area contributed by atoms with E-state index in [9.17, 15) is 19.4 Å². The first kappa shape index (κ1) is 68.2. The first-order valence-corrected chi connectivity index (χ1v) is 32.0. The second-order valence-corrected chi connectivity index (χ2v) is 23.8. The Bertz CT molecular complexity index is 1130. The smallest absolute Gasteiger partial charge is 0.268 e. The summed E-state index contributed by atoms with van der Waals surface area (Å²) >= 11 is 0. The van der Waals surface area contributed by atoms with Crippen LogP contribution in [-0.4, -0.2) is 68.5 Å². The largest absolute Gasteiger partial charge is 0.756 e. The van der Waals surface area contributed by atoms with Crippen LogP contribution in [0.25, 0.3) is 0 Å². The number of hydrogen-bond acceptors (Lipinski definition) is 6. The minimum atomic E-state index is -4.59. The van der Waals surface area contributed by atoms with Gasteiger partial charge in [0.15, 0.2) is 0 Å². The van der Waals surface area contributed by atoms with Crippen LogP contribution in [0.3, 0.4) is 0 Å². The summed E-state index contributed by atoms with van der Waals surface area (Å²) in [5, 5.41) is 13.9. The molecule has 0 aliphatic rings. The predicted octanol–water partition coefficient (Wildman–Crippen LogP) is 18.0. The Morgan fingerprint density at radius 2 is 0.783 bits per heavy atom. The number of hydrogen-bond donors (Lipinski definition) is 2. The molecule has 0 rings (SSSR count). The Balaban J connectivity index is 4.14. The van der Waals surface area contributed by atoms with Crippen LogP contribution in [0.1, 0.15) is 316 Å². The van der Waals surface area contributed by atoms with Crippen molar-refractivity contribution in [2.45, 2.75) is 328 Å². The number of likely N-dealkylation sites (N-methyl/N-ethyl adjacent to an activating group) is 1. The van der Waals surface area contributed by atoms with Gasteiger partial charge in [0.05, 0.1) is 39.9 Å². The molecule has 0 radical (unpaired) electrons. The van der Waals surface area contributed by atoms with Crippen LogP contribution in [0.2, 0.25) is 0 Å². The van der Waals surface area contributed by atoms with Gasteiger partial charge in [0.25, 0.3) is 7.82 Å². The van der Waals surface area contributed by atoms with Crippen molar-refractivity contribution in [1.29, 1.82) is 0 Å². The van der Waals surface area contributed by atoms with E-state index >= 15 is 0 Å². The third-order valence-corrected chi connectivity index (χ3v) is 15.2. The van der Waals surface area contributed by atoms with Crippen molar-refractivity contribution < 1.29 is 32.9 Å². The number of allylic oxidation sites excluding steroid dienone is 1. The Morgan fingerprint density at radius 1 is 0.493 bits per heavy atom. The van der Waals surface area contributed by atoms with E-state index in [0.717, 1.165) is 38.5 Å². The third-order valence-electron chi connectivity index (χ3n) is 14.2. The normalized spacial score (nSPS) is 13.9. The molecule has 0 saturated heterocycles. The molecule has 0 aromatic rings. The second kappa shape index (κ2) is 52.1. The quantitative estimate of drug-likeness (QED) is 0.0272. The molecular weight excluding hydrogens is 876 g/mol. The summed E-state index contributed by atoms with van der Waals surface area (Å²) in [5.74, 6) is -0.189. The lowest BCUT2D eigenvalue weighted by atomic mass is 10.0. The average Bonchev–Trinajstić information content (AvgIpc) is 3.31. The maximum atomic E-state index is 13.0. The molecule has 0 aromatic heterocycles. The van der Waals surface area contributed by atoms with Crippen LogP contribution in [0.15, 0.2) is 12.2 Å². The van der Waals surface area contributed by atoms with Gasteiger partial charge in [-0.25, -0.2) is 0 Å². The summed E-state index contributed by atoms with van der Waals surface area (Å²) in [6.07, 6.45) is 64.4. The number of aliphatic hydroxyl groups is 1. The van der Waals surface area contributed by atoms with Gasteiger partial charge in [-0.2, -0.15) is 0 Å². The lowest BCUT2D eigenvalue weighted by Gasteiger charge is -2.29. The molecule has 9 heteroatoms. The first-order valence-electron chi connectivity index (χ1n) is 30.6. The zero-order valence-electron chi connectivity index (χ0n) is 47.0. The fraction of sp³-hybridized carbons (Fsp3) is 0.950. The van der Waals surface area contributed by atoms with Gasteiger partial charge in [-0.1, -0.05) is 302 Å². The van der Waals surface area contributed by atoms with Crippen LogP contribution in [0, 0.1) is 0 Å². The summed E-state index contributed by atoms with van der Waals surface area (Å²) in [6.45, 7) is 4.71. The fourth-order valence-electron chi connectivity index (χ4n) is 9.45. The average molecular weight is 998 g/mol. The predicted molar refractivity (Wildman–Crippen MR) is 298 cm³/mol. The molecule has 8 nitrogen and oxygen atoms in total. The topological polar surface area (TPSA) is 108 Å². The standard InChI is InChI=1S/C60H121N2O6P/c1-6-8-10-12-14-16-18-20-22-24-26-28-29-30-31-32-34-35-37-39-41-43-45-47-49-51-53-59(63)58(57-68-69(65,66)67-56-55-62(3,4)5)61-60(64)54-52-50-48-46-44-42-40-38-36-33-27-25-23-21-19-17-15-13-11-9-7-2/h51,53,58-59,63H,6-50,52,54-57H2,1-5H3,(H-,61,64,65,66)/b53-51+. The van der Waals surface area contributed by atoms with Gasteiger partial charge in [-0.3, -0.25) is 9.36 Å². The first-order chi connectivity index (χ1) is 33.5. The number of carbonyl (C=O) groups excluding carboxylic acids is 1. The zero-order chi connectivity index (χ0) is 50.6. The molecule has 69 heavy (non-hydrogen) atoms. The highest BCUT2D eigenvalue weighted by Crippen LogP contribution is 2.38. The van der Waals surface area contributed by atoms with Gasteiger partial charge in [-0.15, -0.1) is 0 Å². The number of quaternary nitrogens is 1. The van der Waals surface area contributed by atoms with Crippen LogP contribution >= 0.6 is 7.82 Å². The van der Waals surface area contributed by atoms with Crippen molar-refractivity contribution in [1.82, 2.24) is 5.32 Å². The number of nitrogens with zero attached hydrogens (tertiary/aromatic N) is 1. The molecule has 1 amide bonds. The van der Waals surface area contributed by atoms with Gasteiger partial charge in [-0.05, 0) is 19.3 Å². The number of nitrogens with one attached hydrogen (secondary N) is 1. The molecule has 0 fully saturated rings. The van der Waals surface area contributed by atoms with Gasteiger partial charge in [0, 0.05) is 6.42 Å². The number of phosphoric acid groups is 1. The molecule has 3 atom stereocenters. The summed E-state index contributed by atoms with van der Waals surface area (Å²) < 4.78 is 23.4. The molecule has 412 valence electrons. The van der Waals surface area contributed by atoms with E-state index in [-0.39, 0.29) is 19.1 Å². The van der Waals surface area contributed by atoms with Crippen LogP contribution in [0.5, 0.6) is 0 Å². The molecule has 0 aliphatic heterocycles. The van der Waals surface area contributed by atoms with Crippen molar-refractivity contribution in [3.8, 4) is 0 Å². The van der Waals surface area contributed by atoms with E-state index in [1.165, 1.54) is 257 Å². The molecule has 3 unspecified atom stereocenters. The Kier molecular flexibility index (Phi) is 51.5. The van der Waals surface area contributed by atoms with Gasteiger partial charge < -0.3 is 28.8 Å². The Labute approximate surface area is 431 Å². The lowest BCUT2D eigenvalue weighted by Crippen LogP contribution is -2.45. The van der Waals surface area contributed by atoms with E-state index in [4.69, 9.17) is 9.05 Å². The van der Waals surface area contributed by atoms with Crippen molar-refractivity contribution in [3.05, 3.63) is 12.2 Å². The van der Waals surface area contributed by atoms with Crippen molar-refractivity contribution in [2.24, 2.45) is 0 Å². The van der Waals surface area contributed by atoms with Gasteiger partial charge in [0.2, 0.25) is 5.91 Å². The molecule has 0 heterocycles. The monoisotopic (exact) mass is 997 g/mol. The highest BCUT2D eigenvalue weighted by atomic mass is 31.2. The highest BCUT2D eigenvalue weighted by Gasteiger charge is 2.23. The second-order valence-electron chi connectivity index (χ2n) is 22.4. The number of carbonyl (C=O) groups is 1. The lowest BCUT2D eigenvalue weighted by molar-refractivity contribution is -0.870. The molecule has 0 saturated carbocycles. The van der Waals surface area contributed by atoms with Crippen molar-refractivity contribution in [3.63, 3.8) is 0 Å². The number of unbranched alkanes of at least 4 members (excludes halogenated alkanes) is 44. The maximum Gasteiger partial charge on any atom is 0.268 e. The highest BCUT2D eigenvalue weighted by molar-refractivity contribution is 7.45. The van der Waals surface area contributed by atoms with Gasteiger partial charge >= 0.3 is 0 Å². The van der Waals surface area contributed by atoms with E-state index in [2.05, 4.69) is 19.2 Å².